The Morgan fingerprint density at radius 2 is 1.76 bits per heavy atom. The van der Waals surface area contributed by atoms with Crippen molar-refractivity contribution in [3.63, 3.8) is 0 Å². The Hall–Kier alpha value is -2.10. The van der Waals surface area contributed by atoms with E-state index < -0.39 is 0 Å². The maximum Gasteiger partial charge on any atom is 0.136 e. The fourth-order valence-electron chi connectivity index (χ4n) is 2.15. The number of anilines is 3. The molecule has 2 N–H and O–H groups in total. The van der Waals surface area contributed by atoms with Crippen LogP contribution in [0.2, 0.25) is 0 Å². The monoisotopic (exact) mass is 284 g/mol. The first-order chi connectivity index (χ1) is 9.97. The molecule has 0 aliphatic heterocycles. The molecule has 2 rings (SSSR count). The highest BCUT2D eigenvalue weighted by Gasteiger charge is 2.06. The van der Waals surface area contributed by atoms with E-state index in [9.17, 15) is 0 Å². The van der Waals surface area contributed by atoms with Crippen molar-refractivity contribution in [3.05, 3.63) is 41.2 Å². The molecule has 2 aromatic rings. The van der Waals surface area contributed by atoms with Crippen molar-refractivity contribution in [2.24, 2.45) is 0 Å². The molecule has 0 saturated carbocycles. The van der Waals surface area contributed by atoms with Crippen LogP contribution >= 0.6 is 0 Å². The van der Waals surface area contributed by atoms with Gasteiger partial charge in [0.15, 0.2) is 0 Å². The summed E-state index contributed by atoms with van der Waals surface area (Å²) < 4.78 is 0. The molecule has 1 atom stereocenters. The highest BCUT2D eigenvalue weighted by molar-refractivity contribution is 5.63. The van der Waals surface area contributed by atoms with Crippen LogP contribution in [0, 0.1) is 20.8 Å². The SMILES string of the molecule is CCC(C)Nc1cc(Nc2ccc(C)cc2C)nc(C)n1. The number of aryl methyl sites for hydroxylation is 3. The number of hydrogen-bond acceptors (Lipinski definition) is 4. The van der Waals surface area contributed by atoms with Crippen LogP contribution in [0.4, 0.5) is 17.3 Å². The van der Waals surface area contributed by atoms with Crippen molar-refractivity contribution in [1.29, 1.82) is 0 Å². The van der Waals surface area contributed by atoms with Crippen molar-refractivity contribution >= 4 is 17.3 Å². The summed E-state index contributed by atoms with van der Waals surface area (Å²) >= 11 is 0. The van der Waals surface area contributed by atoms with Crippen molar-refractivity contribution in [2.45, 2.75) is 47.1 Å². The van der Waals surface area contributed by atoms with Gasteiger partial charge in [0.25, 0.3) is 0 Å². The molecule has 1 aromatic carbocycles. The lowest BCUT2D eigenvalue weighted by Gasteiger charge is -2.15. The molecule has 0 fully saturated rings. The first-order valence-electron chi connectivity index (χ1n) is 7.44. The molecule has 0 bridgehead atoms. The normalized spacial score (nSPS) is 12.0. The minimum Gasteiger partial charge on any atom is -0.367 e. The highest BCUT2D eigenvalue weighted by atomic mass is 15.1. The van der Waals surface area contributed by atoms with E-state index in [0.29, 0.717) is 6.04 Å². The number of benzene rings is 1. The molecular weight excluding hydrogens is 260 g/mol. The van der Waals surface area contributed by atoms with Gasteiger partial charge in [-0.15, -0.1) is 0 Å². The summed E-state index contributed by atoms with van der Waals surface area (Å²) in [5.74, 6) is 2.44. The molecule has 0 aliphatic carbocycles. The standard InChI is InChI=1S/C17H24N4/c1-6-13(4)18-16-10-17(20-14(5)19-16)21-15-8-7-11(2)9-12(15)3/h7-10,13H,6H2,1-5H3,(H2,18,19,20,21). The average molecular weight is 284 g/mol. The Bertz CT molecular complexity index is 622. The number of aromatic nitrogens is 2. The quantitative estimate of drug-likeness (QED) is 0.856. The van der Waals surface area contributed by atoms with Gasteiger partial charge in [-0.2, -0.15) is 0 Å². The van der Waals surface area contributed by atoms with Crippen molar-refractivity contribution in [2.75, 3.05) is 10.6 Å². The fraction of sp³-hybridized carbons (Fsp3) is 0.412. The molecule has 0 saturated heterocycles. The van der Waals surface area contributed by atoms with Crippen LogP contribution in [0.25, 0.3) is 0 Å². The molecule has 0 radical (unpaired) electrons. The number of nitrogens with one attached hydrogen (secondary N) is 2. The maximum absolute atomic E-state index is 4.46. The van der Waals surface area contributed by atoms with E-state index in [-0.39, 0.29) is 0 Å². The van der Waals surface area contributed by atoms with E-state index in [2.05, 4.69) is 66.5 Å². The Balaban J connectivity index is 2.23. The smallest absolute Gasteiger partial charge is 0.136 e. The van der Waals surface area contributed by atoms with Crippen molar-refractivity contribution < 1.29 is 0 Å². The summed E-state index contributed by atoms with van der Waals surface area (Å²) in [7, 11) is 0. The van der Waals surface area contributed by atoms with E-state index >= 15 is 0 Å². The number of hydrogen-bond donors (Lipinski definition) is 2. The molecule has 4 nitrogen and oxygen atoms in total. The van der Waals surface area contributed by atoms with E-state index in [1.165, 1.54) is 11.1 Å². The van der Waals surface area contributed by atoms with Gasteiger partial charge in [0.1, 0.15) is 17.5 Å². The van der Waals surface area contributed by atoms with E-state index in [0.717, 1.165) is 29.6 Å². The summed E-state index contributed by atoms with van der Waals surface area (Å²) in [4.78, 5) is 8.90. The minimum atomic E-state index is 0.397. The third-order valence-corrected chi connectivity index (χ3v) is 3.49. The third kappa shape index (κ3) is 4.18. The zero-order valence-electron chi connectivity index (χ0n) is 13.5. The summed E-state index contributed by atoms with van der Waals surface area (Å²) in [6.45, 7) is 10.4. The molecule has 1 heterocycles. The molecular formula is C17H24N4. The van der Waals surface area contributed by atoms with Gasteiger partial charge < -0.3 is 10.6 Å². The van der Waals surface area contributed by atoms with Crippen LogP contribution in [-0.4, -0.2) is 16.0 Å². The van der Waals surface area contributed by atoms with Gasteiger partial charge >= 0.3 is 0 Å². The number of rotatable bonds is 5. The zero-order valence-corrected chi connectivity index (χ0v) is 13.5. The molecule has 1 unspecified atom stereocenters. The number of nitrogens with zero attached hydrogens (tertiary/aromatic N) is 2. The Labute approximate surface area is 127 Å². The van der Waals surface area contributed by atoms with Gasteiger partial charge in [-0.1, -0.05) is 24.6 Å². The molecule has 112 valence electrons. The van der Waals surface area contributed by atoms with Crippen molar-refractivity contribution in [3.8, 4) is 0 Å². The van der Waals surface area contributed by atoms with Crippen LogP contribution in [-0.2, 0) is 0 Å². The van der Waals surface area contributed by atoms with Crippen LogP contribution < -0.4 is 10.6 Å². The van der Waals surface area contributed by atoms with Crippen LogP contribution in [0.1, 0.15) is 37.2 Å². The second kappa shape index (κ2) is 6.57. The largest absolute Gasteiger partial charge is 0.367 e. The predicted octanol–water partition coefficient (Wildman–Crippen LogP) is 4.36. The molecule has 1 aromatic heterocycles. The molecule has 0 aliphatic rings. The van der Waals surface area contributed by atoms with E-state index in [4.69, 9.17) is 0 Å². The molecule has 4 heteroatoms. The molecule has 0 amide bonds. The first kappa shape index (κ1) is 15.3. The maximum atomic E-state index is 4.46. The van der Waals surface area contributed by atoms with Gasteiger partial charge in [0, 0.05) is 17.8 Å². The lowest BCUT2D eigenvalue weighted by atomic mass is 10.1. The Morgan fingerprint density at radius 3 is 2.43 bits per heavy atom. The lowest BCUT2D eigenvalue weighted by molar-refractivity contribution is 0.757. The van der Waals surface area contributed by atoms with Crippen LogP contribution in [0.15, 0.2) is 24.3 Å². The van der Waals surface area contributed by atoms with Crippen LogP contribution in [0.3, 0.4) is 0 Å². The second-order valence-corrected chi connectivity index (χ2v) is 5.58. The van der Waals surface area contributed by atoms with E-state index in [1.54, 1.807) is 0 Å². The topological polar surface area (TPSA) is 49.8 Å². The van der Waals surface area contributed by atoms with Gasteiger partial charge in [0.2, 0.25) is 0 Å². The molecule has 21 heavy (non-hydrogen) atoms. The lowest BCUT2D eigenvalue weighted by Crippen LogP contribution is -2.15. The summed E-state index contributed by atoms with van der Waals surface area (Å²) in [6.07, 6.45) is 1.06. The fourth-order valence-corrected chi connectivity index (χ4v) is 2.15. The van der Waals surface area contributed by atoms with Crippen molar-refractivity contribution in [1.82, 2.24) is 9.97 Å². The summed E-state index contributed by atoms with van der Waals surface area (Å²) in [6, 6.07) is 8.70. The Kier molecular flexibility index (Phi) is 4.78. The van der Waals surface area contributed by atoms with E-state index in [1.807, 2.05) is 13.0 Å². The molecule has 0 spiro atoms. The van der Waals surface area contributed by atoms with Crippen LogP contribution in [0.5, 0.6) is 0 Å². The average Bonchev–Trinajstić information content (AvgIpc) is 2.41. The second-order valence-electron chi connectivity index (χ2n) is 5.58. The van der Waals surface area contributed by atoms with Gasteiger partial charge in [-0.3, -0.25) is 0 Å². The minimum absolute atomic E-state index is 0.397. The summed E-state index contributed by atoms with van der Waals surface area (Å²) in [5, 5.41) is 6.77. The summed E-state index contributed by atoms with van der Waals surface area (Å²) in [5.41, 5.74) is 3.55. The highest BCUT2D eigenvalue weighted by Crippen LogP contribution is 2.22. The first-order valence-corrected chi connectivity index (χ1v) is 7.44. The predicted molar refractivity (Wildman–Crippen MR) is 89.3 cm³/mol. The van der Waals surface area contributed by atoms with Gasteiger partial charge in [-0.25, -0.2) is 9.97 Å². The van der Waals surface area contributed by atoms with Gasteiger partial charge in [-0.05, 0) is 45.7 Å². The van der Waals surface area contributed by atoms with Gasteiger partial charge in [0.05, 0.1) is 0 Å². The third-order valence-electron chi connectivity index (χ3n) is 3.49. The Morgan fingerprint density at radius 1 is 1.05 bits per heavy atom. The zero-order chi connectivity index (χ0) is 15.4.